The standard InChI is InChI=1S/C15H18N2O2S/c1-16-15(11-13-5-3-4-10-17-13)12-6-8-14(9-7-12)20(2,18)19/h3-10,15-16H,11H2,1-2H3. The molecule has 0 bridgehead atoms. The van der Waals surface area contributed by atoms with Crippen molar-refractivity contribution in [2.75, 3.05) is 13.3 Å². The first kappa shape index (κ1) is 14.7. The van der Waals surface area contributed by atoms with Crippen molar-refractivity contribution < 1.29 is 8.42 Å². The van der Waals surface area contributed by atoms with E-state index in [-0.39, 0.29) is 6.04 Å². The van der Waals surface area contributed by atoms with E-state index in [4.69, 9.17) is 0 Å². The summed E-state index contributed by atoms with van der Waals surface area (Å²) in [5.41, 5.74) is 2.05. The van der Waals surface area contributed by atoms with Crippen molar-refractivity contribution in [3.8, 4) is 0 Å². The predicted molar refractivity (Wildman–Crippen MR) is 79.3 cm³/mol. The Morgan fingerprint density at radius 3 is 2.35 bits per heavy atom. The average Bonchev–Trinajstić information content (AvgIpc) is 2.45. The van der Waals surface area contributed by atoms with Gasteiger partial charge in [-0.2, -0.15) is 0 Å². The van der Waals surface area contributed by atoms with Crippen molar-refractivity contribution in [2.24, 2.45) is 0 Å². The monoisotopic (exact) mass is 290 g/mol. The molecule has 1 aromatic heterocycles. The smallest absolute Gasteiger partial charge is 0.175 e. The Bertz CT molecular complexity index is 652. The van der Waals surface area contributed by atoms with E-state index in [9.17, 15) is 8.42 Å². The lowest BCUT2D eigenvalue weighted by Gasteiger charge is -2.16. The van der Waals surface area contributed by atoms with Gasteiger partial charge in [-0.1, -0.05) is 18.2 Å². The van der Waals surface area contributed by atoms with Crippen LogP contribution in [0.1, 0.15) is 17.3 Å². The molecule has 1 atom stereocenters. The zero-order chi connectivity index (χ0) is 14.6. The van der Waals surface area contributed by atoms with Crippen LogP contribution in [0, 0.1) is 0 Å². The molecule has 20 heavy (non-hydrogen) atoms. The fourth-order valence-corrected chi connectivity index (χ4v) is 2.69. The van der Waals surface area contributed by atoms with Gasteiger partial charge in [0.1, 0.15) is 0 Å². The minimum atomic E-state index is -3.14. The first-order valence-corrected chi connectivity index (χ1v) is 8.27. The van der Waals surface area contributed by atoms with Crippen molar-refractivity contribution in [3.05, 3.63) is 59.9 Å². The van der Waals surface area contributed by atoms with Gasteiger partial charge >= 0.3 is 0 Å². The molecule has 4 nitrogen and oxygen atoms in total. The summed E-state index contributed by atoms with van der Waals surface area (Å²) in [6, 6.07) is 12.9. The Balaban J connectivity index is 2.20. The second-order valence-corrected chi connectivity index (χ2v) is 6.72. The molecule has 0 saturated carbocycles. The zero-order valence-corrected chi connectivity index (χ0v) is 12.4. The second kappa shape index (κ2) is 6.15. The Labute approximate surface area is 119 Å². The van der Waals surface area contributed by atoms with Crippen molar-refractivity contribution >= 4 is 9.84 Å². The Morgan fingerprint density at radius 1 is 1.15 bits per heavy atom. The van der Waals surface area contributed by atoms with Crippen LogP contribution >= 0.6 is 0 Å². The summed E-state index contributed by atoms with van der Waals surface area (Å²) in [6.07, 6.45) is 3.75. The van der Waals surface area contributed by atoms with Gasteiger partial charge in [-0.25, -0.2) is 8.42 Å². The minimum absolute atomic E-state index is 0.110. The van der Waals surface area contributed by atoms with Crippen LogP contribution in [0.3, 0.4) is 0 Å². The highest BCUT2D eigenvalue weighted by atomic mass is 32.2. The first-order valence-electron chi connectivity index (χ1n) is 6.38. The molecular formula is C15H18N2O2S. The van der Waals surface area contributed by atoms with Crippen LogP contribution in [0.4, 0.5) is 0 Å². The number of benzene rings is 1. The van der Waals surface area contributed by atoms with E-state index in [0.29, 0.717) is 4.90 Å². The maximum Gasteiger partial charge on any atom is 0.175 e. The Hall–Kier alpha value is -1.72. The summed E-state index contributed by atoms with van der Waals surface area (Å²) < 4.78 is 22.9. The molecule has 0 aliphatic rings. The number of sulfone groups is 1. The van der Waals surface area contributed by atoms with Crippen LogP contribution < -0.4 is 5.32 Å². The predicted octanol–water partition coefficient (Wildman–Crippen LogP) is 1.99. The first-order chi connectivity index (χ1) is 9.50. The molecular weight excluding hydrogens is 272 g/mol. The van der Waals surface area contributed by atoms with E-state index >= 15 is 0 Å². The van der Waals surface area contributed by atoms with Crippen LogP contribution in [-0.2, 0) is 16.3 Å². The molecule has 106 valence electrons. The number of hydrogen-bond acceptors (Lipinski definition) is 4. The summed E-state index contributed by atoms with van der Waals surface area (Å²) in [7, 11) is -1.26. The number of rotatable bonds is 5. The third-order valence-electron chi connectivity index (χ3n) is 3.20. The van der Waals surface area contributed by atoms with Crippen LogP contribution in [0.2, 0.25) is 0 Å². The number of nitrogens with zero attached hydrogens (tertiary/aromatic N) is 1. The molecule has 0 aliphatic heterocycles. The molecule has 2 aromatic rings. The zero-order valence-electron chi connectivity index (χ0n) is 11.6. The van der Waals surface area contributed by atoms with Crippen molar-refractivity contribution in [2.45, 2.75) is 17.4 Å². The molecule has 1 aromatic carbocycles. The largest absolute Gasteiger partial charge is 0.313 e. The highest BCUT2D eigenvalue weighted by Gasteiger charge is 2.12. The van der Waals surface area contributed by atoms with E-state index in [1.54, 1.807) is 18.3 Å². The minimum Gasteiger partial charge on any atom is -0.313 e. The number of pyridine rings is 1. The fraction of sp³-hybridized carbons (Fsp3) is 0.267. The van der Waals surface area contributed by atoms with E-state index < -0.39 is 9.84 Å². The highest BCUT2D eigenvalue weighted by Crippen LogP contribution is 2.19. The lowest BCUT2D eigenvalue weighted by molar-refractivity contribution is 0.583. The summed E-state index contributed by atoms with van der Waals surface area (Å²) in [5.74, 6) is 0. The van der Waals surface area contributed by atoms with Gasteiger partial charge in [0.05, 0.1) is 4.90 Å². The highest BCUT2D eigenvalue weighted by molar-refractivity contribution is 7.90. The third kappa shape index (κ3) is 3.65. The summed E-state index contributed by atoms with van der Waals surface area (Å²) in [5, 5.41) is 3.24. The maximum atomic E-state index is 11.4. The van der Waals surface area contributed by atoms with E-state index in [1.165, 1.54) is 6.26 Å². The van der Waals surface area contributed by atoms with Crippen LogP contribution in [0.15, 0.2) is 53.6 Å². The Morgan fingerprint density at radius 2 is 1.85 bits per heavy atom. The number of hydrogen-bond donors (Lipinski definition) is 1. The topological polar surface area (TPSA) is 59.1 Å². The molecule has 5 heteroatoms. The van der Waals surface area contributed by atoms with Crippen LogP contribution in [-0.4, -0.2) is 26.7 Å². The van der Waals surface area contributed by atoms with Crippen molar-refractivity contribution in [3.63, 3.8) is 0 Å². The Kier molecular flexibility index (Phi) is 4.52. The normalized spacial score (nSPS) is 13.1. The van der Waals surface area contributed by atoms with Gasteiger partial charge in [-0.3, -0.25) is 4.98 Å². The number of nitrogens with one attached hydrogen (secondary N) is 1. The molecule has 0 spiro atoms. The van der Waals surface area contributed by atoms with Crippen molar-refractivity contribution in [1.82, 2.24) is 10.3 Å². The molecule has 1 unspecified atom stereocenters. The molecule has 0 amide bonds. The van der Waals surface area contributed by atoms with E-state index in [0.717, 1.165) is 17.7 Å². The van der Waals surface area contributed by atoms with Gasteiger partial charge < -0.3 is 5.32 Å². The van der Waals surface area contributed by atoms with Crippen molar-refractivity contribution in [1.29, 1.82) is 0 Å². The second-order valence-electron chi connectivity index (χ2n) is 4.71. The molecule has 1 heterocycles. The maximum absolute atomic E-state index is 11.4. The van der Waals surface area contributed by atoms with Crippen LogP contribution in [0.5, 0.6) is 0 Å². The lowest BCUT2D eigenvalue weighted by Crippen LogP contribution is -2.19. The van der Waals surface area contributed by atoms with Gasteiger partial charge in [-0.15, -0.1) is 0 Å². The van der Waals surface area contributed by atoms with Gasteiger partial charge in [0.2, 0.25) is 0 Å². The van der Waals surface area contributed by atoms with Gasteiger partial charge in [0.15, 0.2) is 9.84 Å². The lowest BCUT2D eigenvalue weighted by atomic mass is 10.0. The molecule has 0 aliphatic carbocycles. The van der Waals surface area contributed by atoms with Crippen LogP contribution in [0.25, 0.3) is 0 Å². The summed E-state index contributed by atoms with van der Waals surface area (Å²) >= 11 is 0. The molecule has 1 N–H and O–H groups in total. The third-order valence-corrected chi connectivity index (χ3v) is 4.33. The number of aromatic nitrogens is 1. The van der Waals surface area contributed by atoms with Gasteiger partial charge in [-0.05, 0) is 36.9 Å². The summed E-state index contributed by atoms with van der Waals surface area (Å²) in [4.78, 5) is 4.65. The summed E-state index contributed by atoms with van der Waals surface area (Å²) in [6.45, 7) is 0. The van der Waals surface area contributed by atoms with E-state index in [1.807, 2.05) is 37.4 Å². The quantitative estimate of drug-likeness (QED) is 0.915. The average molecular weight is 290 g/mol. The van der Waals surface area contributed by atoms with E-state index in [2.05, 4.69) is 10.3 Å². The van der Waals surface area contributed by atoms with Gasteiger partial charge in [0.25, 0.3) is 0 Å². The van der Waals surface area contributed by atoms with Gasteiger partial charge in [0, 0.05) is 30.6 Å². The number of likely N-dealkylation sites (N-methyl/N-ethyl adjacent to an activating group) is 1. The molecule has 0 radical (unpaired) electrons. The fourth-order valence-electron chi connectivity index (χ4n) is 2.06. The molecule has 0 saturated heterocycles. The molecule has 0 fully saturated rings. The molecule has 2 rings (SSSR count). The SMILES string of the molecule is CNC(Cc1ccccn1)c1ccc(S(C)(=O)=O)cc1.